The summed E-state index contributed by atoms with van der Waals surface area (Å²) < 4.78 is 11.9. The highest BCUT2D eigenvalue weighted by Crippen LogP contribution is 2.39. The van der Waals surface area contributed by atoms with Gasteiger partial charge in [-0.25, -0.2) is 0 Å². The number of nitrogens with one attached hydrogen (secondary N) is 1. The van der Waals surface area contributed by atoms with Crippen molar-refractivity contribution in [1.82, 2.24) is 4.90 Å². The number of carbonyl (C=O) groups excluding carboxylic acids is 2. The van der Waals surface area contributed by atoms with E-state index in [4.69, 9.17) is 33.3 Å². The van der Waals surface area contributed by atoms with Gasteiger partial charge in [0.15, 0.2) is 18.1 Å². The van der Waals surface area contributed by atoms with Gasteiger partial charge in [0.05, 0.1) is 16.5 Å². The number of hydrogen-bond acceptors (Lipinski definition) is 6. The summed E-state index contributed by atoms with van der Waals surface area (Å²) in [6, 6.07) is 9.14. The lowest BCUT2D eigenvalue weighted by Crippen LogP contribution is -2.27. The average molecular weight is 517 g/mol. The van der Waals surface area contributed by atoms with Crippen LogP contribution < -0.4 is 14.8 Å². The first kappa shape index (κ1) is 25.8. The summed E-state index contributed by atoms with van der Waals surface area (Å²) in [6.45, 7) is 9.88. The van der Waals surface area contributed by atoms with Crippen molar-refractivity contribution in [3.63, 3.8) is 0 Å². The zero-order valence-electron chi connectivity index (χ0n) is 19.1. The predicted octanol–water partition coefficient (Wildman–Crippen LogP) is 5.76. The Bertz CT molecular complexity index is 1180. The van der Waals surface area contributed by atoms with Crippen LogP contribution in [-0.4, -0.2) is 40.8 Å². The number of aryl methyl sites for hydroxylation is 2. The Labute approximate surface area is 213 Å². The van der Waals surface area contributed by atoms with Crippen LogP contribution in [-0.2, 0) is 9.59 Å². The van der Waals surface area contributed by atoms with Crippen LogP contribution in [0.3, 0.4) is 0 Å². The second kappa shape index (κ2) is 11.6. The van der Waals surface area contributed by atoms with Crippen molar-refractivity contribution in [3.8, 4) is 11.5 Å². The molecule has 0 saturated carbocycles. The van der Waals surface area contributed by atoms with E-state index in [2.05, 4.69) is 11.9 Å². The van der Waals surface area contributed by atoms with Gasteiger partial charge in [-0.3, -0.25) is 14.5 Å². The van der Waals surface area contributed by atoms with Crippen LogP contribution in [0.25, 0.3) is 6.08 Å². The molecule has 2 aromatic carbocycles. The van der Waals surface area contributed by atoms with Gasteiger partial charge in [-0.05, 0) is 56.2 Å². The number of anilines is 1. The lowest BCUT2D eigenvalue weighted by molar-refractivity contribution is -0.121. The molecule has 0 aliphatic carbocycles. The van der Waals surface area contributed by atoms with E-state index >= 15 is 0 Å². The molecule has 1 N–H and O–H groups in total. The highest BCUT2D eigenvalue weighted by molar-refractivity contribution is 8.26. The second-order valence-corrected chi connectivity index (χ2v) is 9.58. The highest BCUT2D eigenvalue weighted by atomic mass is 35.5. The van der Waals surface area contributed by atoms with E-state index in [1.54, 1.807) is 24.3 Å². The molecule has 1 saturated heterocycles. The minimum atomic E-state index is -0.319. The molecular weight excluding hydrogens is 492 g/mol. The Morgan fingerprint density at radius 2 is 2.03 bits per heavy atom. The van der Waals surface area contributed by atoms with E-state index in [-0.39, 0.29) is 29.2 Å². The Morgan fingerprint density at radius 3 is 2.71 bits per heavy atom. The van der Waals surface area contributed by atoms with Crippen LogP contribution in [0.2, 0.25) is 5.02 Å². The molecule has 1 heterocycles. The minimum Gasteiger partial charge on any atom is -0.490 e. The van der Waals surface area contributed by atoms with E-state index in [9.17, 15) is 9.59 Å². The number of halogens is 1. The first-order valence-electron chi connectivity index (χ1n) is 10.6. The van der Waals surface area contributed by atoms with Crippen molar-refractivity contribution in [1.29, 1.82) is 0 Å². The Hall–Kier alpha value is -2.81. The van der Waals surface area contributed by atoms with Crippen LogP contribution in [0.4, 0.5) is 5.69 Å². The lowest BCUT2D eigenvalue weighted by Gasteiger charge is -2.15. The number of benzene rings is 2. The van der Waals surface area contributed by atoms with Gasteiger partial charge in [0.2, 0.25) is 0 Å². The third kappa shape index (κ3) is 6.20. The Morgan fingerprint density at radius 1 is 1.26 bits per heavy atom. The van der Waals surface area contributed by atoms with Gasteiger partial charge in [-0.2, -0.15) is 0 Å². The van der Waals surface area contributed by atoms with Crippen molar-refractivity contribution in [2.24, 2.45) is 0 Å². The molecule has 178 valence electrons. The number of rotatable bonds is 9. The Kier molecular flexibility index (Phi) is 8.77. The van der Waals surface area contributed by atoms with E-state index in [0.717, 1.165) is 16.8 Å². The van der Waals surface area contributed by atoms with Gasteiger partial charge < -0.3 is 14.8 Å². The summed E-state index contributed by atoms with van der Waals surface area (Å²) in [5.74, 6) is 0.130. The van der Waals surface area contributed by atoms with E-state index < -0.39 is 0 Å². The number of thiocarbonyl (C=S) groups is 1. The molecule has 0 unspecified atom stereocenters. The van der Waals surface area contributed by atoms with E-state index in [1.165, 1.54) is 16.7 Å². The van der Waals surface area contributed by atoms with Crippen LogP contribution in [0.15, 0.2) is 47.9 Å². The molecular formula is C25H25ClN2O4S2. The molecule has 2 aromatic rings. The second-order valence-electron chi connectivity index (χ2n) is 7.50. The largest absolute Gasteiger partial charge is 0.490 e. The van der Waals surface area contributed by atoms with Crippen LogP contribution in [0.5, 0.6) is 11.5 Å². The molecule has 0 radical (unpaired) electrons. The fraction of sp³-hybridized carbons (Fsp3) is 0.240. The number of hydrogen-bond donors (Lipinski definition) is 1. The minimum absolute atomic E-state index is 0.188. The molecule has 6 nitrogen and oxygen atoms in total. The molecule has 1 aliphatic rings. The summed E-state index contributed by atoms with van der Waals surface area (Å²) in [6.07, 6.45) is 3.33. The summed E-state index contributed by atoms with van der Waals surface area (Å²) >= 11 is 13.0. The molecule has 0 spiro atoms. The maximum atomic E-state index is 12.6. The number of ether oxygens (including phenoxy) is 2. The normalized spacial score (nSPS) is 14.5. The van der Waals surface area contributed by atoms with Gasteiger partial charge in [0, 0.05) is 12.2 Å². The maximum absolute atomic E-state index is 12.6. The van der Waals surface area contributed by atoms with Gasteiger partial charge in [-0.1, -0.05) is 59.4 Å². The Balaban J connectivity index is 1.77. The predicted molar refractivity (Wildman–Crippen MR) is 143 cm³/mol. The lowest BCUT2D eigenvalue weighted by atomic mass is 10.1. The van der Waals surface area contributed by atoms with Crippen molar-refractivity contribution >= 4 is 63.5 Å². The van der Waals surface area contributed by atoms with Crippen molar-refractivity contribution in [2.75, 3.05) is 25.1 Å². The van der Waals surface area contributed by atoms with Gasteiger partial charge in [0.25, 0.3) is 11.8 Å². The van der Waals surface area contributed by atoms with Gasteiger partial charge in [-0.15, -0.1) is 6.58 Å². The number of carbonyl (C=O) groups is 2. The molecule has 1 fully saturated rings. The van der Waals surface area contributed by atoms with E-state index in [1.807, 2.05) is 39.0 Å². The molecule has 3 rings (SSSR count). The summed E-state index contributed by atoms with van der Waals surface area (Å²) in [5.41, 5.74) is 3.45. The first-order valence-corrected chi connectivity index (χ1v) is 12.2. The number of nitrogens with zero attached hydrogens (tertiary/aromatic N) is 1. The third-order valence-electron chi connectivity index (χ3n) is 4.82. The zero-order valence-corrected chi connectivity index (χ0v) is 21.5. The molecule has 9 heteroatoms. The molecule has 1 aliphatic heterocycles. The van der Waals surface area contributed by atoms with Gasteiger partial charge in [0.1, 0.15) is 4.32 Å². The van der Waals surface area contributed by atoms with Crippen molar-refractivity contribution in [2.45, 2.75) is 20.8 Å². The average Bonchev–Trinajstić information content (AvgIpc) is 3.03. The monoisotopic (exact) mass is 516 g/mol. The standard InChI is InChI=1S/C25H25ClN2O4S2/c1-5-9-28-24(30)21(34-25(28)33)13-17-11-18(26)23(20(12-17)31-6-2)32-14-22(29)27-19-8-7-15(3)10-16(19)4/h5,7-8,10-13H,1,6,9,14H2,2-4H3,(H,27,29)/b21-13-. The van der Waals surface area contributed by atoms with Crippen LogP contribution in [0, 0.1) is 13.8 Å². The van der Waals surface area contributed by atoms with Crippen molar-refractivity contribution < 1.29 is 19.1 Å². The van der Waals surface area contributed by atoms with Crippen LogP contribution in [0.1, 0.15) is 23.6 Å². The molecule has 2 amide bonds. The van der Waals surface area contributed by atoms with E-state index in [0.29, 0.717) is 33.7 Å². The molecule has 0 atom stereocenters. The molecule has 34 heavy (non-hydrogen) atoms. The van der Waals surface area contributed by atoms with Gasteiger partial charge >= 0.3 is 0 Å². The fourth-order valence-electron chi connectivity index (χ4n) is 3.29. The highest BCUT2D eigenvalue weighted by Gasteiger charge is 2.31. The maximum Gasteiger partial charge on any atom is 0.266 e. The van der Waals surface area contributed by atoms with Crippen LogP contribution >= 0.6 is 35.6 Å². The zero-order chi connectivity index (χ0) is 24.8. The molecule has 0 aromatic heterocycles. The molecule has 0 bridgehead atoms. The SMILES string of the molecule is C=CCN1C(=O)/C(=C/c2cc(Cl)c(OCC(=O)Nc3ccc(C)cc3C)c(OCC)c2)SC1=S. The summed E-state index contributed by atoms with van der Waals surface area (Å²) in [5, 5.41) is 3.10. The topological polar surface area (TPSA) is 67.9 Å². The first-order chi connectivity index (χ1) is 16.2. The van der Waals surface area contributed by atoms with Crippen molar-refractivity contribution in [3.05, 3.63) is 69.6 Å². The summed E-state index contributed by atoms with van der Waals surface area (Å²) in [7, 11) is 0. The quantitative estimate of drug-likeness (QED) is 0.259. The smallest absolute Gasteiger partial charge is 0.266 e. The third-order valence-corrected chi connectivity index (χ3v) is 6.48. The number of thioether (sulfide) groups is 1. The summed E-state index contributed by atoms with van der Waals surface area (Å²) in [4.78, 5) is 27.0. The fourth-order valence-corrected chi connectivity index (χ4v) is 4.84. The number of amides is 2.